The molecular weight excluding hydrogens is 378 g/mol. The zero-order valence-electron chi connectivity index (χ0n) is 13.6. The first-order valence-electron chi connectivity index (χ1n) is 7.44. The average molecular weight is 394 g/mol. The zero-order valence-corrected chi connectivity index (χ0v) is 16.0. The number of fused-ring (bicyclic) bond motifs is 1. The number of benzene rings is 2. The number of anilines is 1. The van der Waals surface area contributed by atoms with Crippen molar-refractivity contribution in [3.8, 4) is 5.75 Å². The van der Waals surface area contributed by atoms with Crippen LogP contribution in [-0.4, -0.2) is 23.8 Å². The van der Waals surface area contributed by atoms with E-state index in [2.05, 4.69) is 15.8 Å². The largest absolute Gasteiger partial charge is 0.494 e. The molecule has 130 valence electrons. The number of carbonyl (C=O) groups is 1. The summed E-state index contributed by atoms with van der Waals surface area (Å²) in [5, 5.41) is 1.30. The van der Waals surface area contributed by atoms with E-state index in [1.165, 1.54) is 23.1 Å². The minimum absolute atomic E-state index is 0.136. The van der Waals surface area contributed by atoms with Gasteiger partial charge in [-0.05, 0) is 42.8 Å². The third kappa shape index (κ3) is 4.36. The van der Waals surface area contributed by atoms with Crippen molar-refractivity contribution in [2.24, 2.45) is 0 Å². The van der Waals surface area contributed by atoms with Gasteiger partial charge in [0.2, 0.25) is 11.0 Å². The molecule has 0 unspecified atom stereocenters. The molecule has 0 bridgehead atoms. The number of amides is 1. The SMILES string of the molecule is COc1ccc(C)c2sc(NNC(=O)CSc3ccc(Cl)cc3)nc12. The number of aromatic nitrogens is 1. The lowest BCUT2D eigenvalue weighted by molar-refractivity contribution is -0.118. The van der Waals surface area contributed by atoms with Gasteiger partial charge >= 0.3 is 0 Å². The second-order valence-corrected chi connectivity index (χ2v) is 7.68. The summed E-state index contributed by atoms with van der Waals surface area (Å²) in [4.78, 5) is 17.5. The fourth-order valence-electron chi connectivity index (χ4n) is 2.17. The molecule has 0 spiro atoms. The zero-order chi connectivity index (χ0) is 17.8. The number of carbonyl (C=O) groups excluding carboxylic acids is 1. The molecule has 0 aliphatic rings. The second-order valence-electron chi connectivity index (χ2n) is 5.20. The highest BCUT2D eigenvalue weighted by Crippen LogP contribution is 2.34. The van der Waals surface area contributed by atoms with E-state index in [-0.39, 0.29) is 5.91 Å². The molecule has 0 aliphatic carbocycles. The molecule has 0 saturated heterocycles. The van der Waals surface area contributed by atoms with Gasteiger partial charge < -0.3 is 4.74 Å². The number of nitrogens with one attached hydrogen (secondary N) is 2. The smallest absolute Gasteiger partial charge is 0.248 e. The third-order valence-electron chi connectivity index (χ3n) is 3.42. The highest BCUT2D eigenvalue weighted by molar-refractivity contribution is 8.00. The van der Waals surface area contributed by atoms with Crippen LogP contribution in [0.25, 0.3) is 10.2 Å². The Balaban J connectivity index is 1.59. The maximum Gasteiger partial charge on any atom is 0.248 e. The van der Waals surface area contributed by atoms with Crippen LogP contribution in [0.3, 0.4) is 0 Å². The van der Waals surface area contributed by atoms with Gasteiger partial charge in [0, 0.05) is 9.92 Å². The summed E-state index contributed by atoms with van der Waals surface area (Å²) >= 11 is 8.76. The quantitative estimate of drug-likeness (QED) is 0.476. The summed E-state index contributed by atoms with van der Waals surface area (Å²) in [6.07, 6.45) is 0. The Labute approximate surface area is 158 Å². The number of aryl methyl sites for hydroxylation is 1. The number of rotatable bonds is 6. The van der Waals surface area contributed by atoms with Crippen LogP contribution in [0.1, 0.15) is 5.56 Å². The van der Waals surface area contributed by atoms with E-state index in [1.54, 1.807) is 19.2 Å². The molecule has 0 saturated carbocycles. The highest BCUT2D eigenvalue weighted by Gasteiger charge is 2.11. The topological polar surface area (TPSA) is 63.2 Å². The summed E-state index contributed by atoms with van der Waals surface area (Å²) in [5.41, 5.74) is 7.45. The lowest BCUT2D eigenvalue weighted by atomic mass is 10.2. The first kappa shape index (κ1) is 17.8. The Morgan fingerprint density at radius 2 is 2.04 bits per heavy atom. The van der Waals surface area contributed by atoms with Crippen LogP contribution >= 0.6 is 34.7 Å². The fourth-order valence-corrected chi connectivity index (χ4v) is 3.90. The predicted molar refractivity (Wildman–Crippen MR) is 105 cm³/mol. The molecule has 0 fully saturated rings. The van der Waals surface area contributed by atoms with Crippen molar-refractivity contribution < 1.29 is 9.53 Å². The number of nitrogens with zero attached hydrogens (tertiary/aromatic N) is 1. The molecule has 1 aromatic heterocycles. The van der Waals surface area contributed by atoms with Crippen LogP contribution in [0.15, 0.2) is 41.3 Å². The molecular formula is C17H16ClN3O2S2. The van der Waals surface area contributed by atoms with Gasteiger partial charge in [-0.15, -0.1) is 11.8 Å². The van der Waals surface area contributed by atoms with Crippen molar-refractivity contribution >= 4 is 56.0 Å². The molecule has 3 rings (SSSR count). The van der Waals surface area contributed by atoms with Crippen molar-refractivity contribution in [2.45, 2.75) is 11.8 Å². The third-order valence-corrected chi connectivity index (χ3v) is 5.79. The maximum absolute atomic E-state index is 12.0. The Morgan fingerprint density at radius 1 is 1.28 bits per heavy atom. The van der Waals surface area contributed by atoms with Crippen molar-refractivity contribution in [3.05, 3.63) is 47.0 Å². The monoisotopic (exact) mass is 393 g/mol. The number of ether oxygens (including phenoxy) is 1. The van der Waals surface area contributed by atoms with Gasteiger partial charge in [0.15, 0.2) is 0 Å². The molecule has 5 nitrogen and oxygen atoms in total. The summed E-state index contributed by atoms with van der Waals surface area (Å²) in [6.45, 7) is 2.02. The number of hydrazine groups is 1. The Hall–Kier alpha value is -1.96. The van der Waals surface area contributed by atoms with E-state index in [4.69, 9.17) is 16.3 Å². The lowest BCUT2D eigenvalue weighted by Gasteiger charge is -2.05. The average Bonchev–Trinajstić information content (AvgIpc) is 3.05. The van der Waals surface area contributed by atoms with Gasteiger partial charge in [-0.3, -0.25) is 15.6 Å². The minimum atomic E-state index is -0.136. The van der Waals surface area contributed by atoms with E-state index in [1.807, 2.05) is 31.2 Å². The van der Waals surface area contributed by atoms with Crippen LogP contribution in [-0.2, 0) is 4.79 Å². The van der Waals surface area contributed by atoms with Gasteiger partial charge in [0.1, 0.15) is 11.3 Å². The summed E-state index contributed by atoms with van der Waals surface area (Å²) in [7, 11) is 1.62. The first-order chi connectivity index (χ1) is 12.1. The highest BCUT2D eigenvalue weighted by atomic mass is 35.5. The maximum atomic E-state index is 12.0. The molecule has 0 radical (unpaired) electrons. The summed E-state index contributed by atoms with van der Waals surface area (Å²) in [6, 6.07) is 11.3. The molecule has 1 amide bonds. The van der Waals surface area contributed by atoms with E-state index in [0.717, 1.165) is 26.4 Å². The fraction of sp³-hybridized carbons (Fsp3) is 0.176. The van der Waals surface area contributed by atoms with Crippen LogP contribution in [0, 0.1) is 6.92 Å². The Morgan fingerprint density at radius 3 is 2.76 bits per heavy atom. The minimum Gasteiger partial charge on any atom is -0.494 e. The molecule has 25 heavy (non-hydrogen) atoms. The predicted octanol–water partition coefficient (Wildman–Crippen LogP) is 4.50. The van der Waals surface area contributed by atoms with Crippen molar-refractivity contribution in [1.82, 2.24) is 10.4 Å². The number of thiazole rings is 1. The van der Waals surface area contributed by atoms with Crippen molar-refractivity contribution in [3.63, 3.8) is 0 Å². The van der Waals surface area contributed by atoms with Gasteiger partial charge in [-0.1, -0.05) is 29.0 Å². The van der Waals surface area contributed by atoms with Crippen LogP contribution < -0.4 is 15.6 Å². The first-order valence-corrected chi connectivity index (χ1v) is 9.62. The van der Waals surface area contributed by atoms with E-state index in [0.29, 0.717) is 15.9 Å². The van der Waals surface area contributed by atoms with E-state index in [9.17, 15) is 4.79 Å². The second kappa shape index (κ2) is 7.95. The molecule has 2 aromatic carbocycles. The number of methoxy groups -OCH3 is 1. The van der Waals surface area contributed by atoms with Crippen LogP contribution in [0.5, 0.6) is 5.75 Å². The number of halogens is 1. The molecule has 0 atom stereocenters. The van der Waals surface area contributed by atoms with Crippen molar-refractivity contribution in [2.75, 3.05) is 18.3 Å². The van der Waals surface area contributed by atoms with Gasteiger partial charge in [-0.25, -0.2) is 4.98 Å². The molecule has 2 N–H and O–H groups in total. The number of hydrogen-bond donors (Lipinski definition) is 2. The van der Waals surface area contributed by atoms with Gasteiger partial charge in [0.25, 0.3) is 0 Å². The van der Waals surface area contributed by atoms with Crippen molar-refractivity contribution in [1.29, 1.82) is 0 Å². The molecule has 1 heterocycles. The van der Waals surface area contributed by atoms with E-state index >= 15 is 0 Å². The lowest BCUT2D eigenvalue weighted by Crippen LogP contribution is -2.30. The number of hydrogen-bond acceptors (Lipinski definition) is 6. The summed E-state index contributed by atoms with van der Waals surface area (Å²) < 4.78 is 6.37. The van der Waals surface area contributed by atoms with E-state index < -0.39 is 0 Å². The van der Waals surface area contributed by atoms with Gasteiger partial charge in [-0.2, -0.15) is 0 Å². The number of thioether (sulfide) groups is 1. The Bertz CT molecular complexity index is 897. The normalized spacial score (nSPS) is 10.7. The standard InChI is InChI=1S/C17H16ClN3O2S2/c1-10-3-8-13(23-2)15-16(10)25-17(19-15)21-20-14(22)9-24-12-6-4-11(18)5-7-12/h3-8H,9H2,1-2H3,(H,19,21)(H,20,22). The molecule has 0 aliphatic heterocycles. The Kier molecular flexibility index (Phi) is 5.67. The molecule has 8 heteroatoms. The van der Waals surface area contributed by atoms with Gasteiger partial charge in [0.05, 0.1) is 17.6 Å². The molecule has 3 aromatic rings. The summed E-state index contributed by atoms with van der Waals surface area (Å²) in [5.74, 6) is 0.874. The van der Waals surface area contributed by atoms with Crippen LogP contribution in [0.2, 0.25) is 5.02 Å². The van der Waals surface area contributed by atoms with Crippen LogP contribution in [0.4, 0.5) is 5.13 Å².